The first-order valence-electron chi connectivity index (χ1n) is 6.38. The molecule has 0 unspecified atom stereocenters. The number of hydrogen-bond acceptors (Lipinski definition) is 5. The van der Waals surface area contributed by atoms with E-state index >= 15 is 0 Å². The molecule has 0 radical (unpaired) electrons. The average molecular weight is 290 g/mol. The Hall–Kier alpha value is -1.92. The summed E-state index contributed by atoms with van der Waals surface area (Å²) in [6, 6.07) is 9.52. The molecule has 0 spiro atoms. The summed E-state index contributed by atoms with van der Waals surface area (Å²) in [6.45, 7) is 2.81. The monoisotopic (exact) mass is 290 g/mol. The molecule has 1 aliphatic rings. The molecule has 6 heteroatoms. The lowest BCUT2D eigenvalue weighted by Crippen LogP contribution is -2.36. The quantitative estimate of drug-likeness (QED) is 0.940. The van der Waals surface area contributed by atoms with E-state index in [0.29, 0.717) is 18.1 Å². The molecule has 1 aromatic carbocycles. The van der Waals surface area contributed by atoms with Gasteiger partial charge in [0, 0.05) is 13.1 Å². The predicted octanol–water partition coefficient (Wildman–Crippen LogP) is 2.34. The Balaban J connectivity index is 2.00. The number of carboxylic acid groups (broad SMARTS) is 1. The molecule has 2 aromatic rings. The molecule has 20 heavy (non-hydrogen) atoms. The number of rotatable bonds is 3. The molecule has 1 saturated heterocycles. The van der Waals surface area contributed by atoms with Crippen LogP contribution in [0, 0.1) is 0 Å². The fraction of sp³-hybridized carbons (Fsp3) is 0.286. The van der Waals surface area contributed by atoms with Crippen LogP contribution in [0.4, 0.5) is 5.13 Å². The fourth-order valence-corrected chi connectivity index (χ4v) is 3.24. The van der Waals surface area contributed by atoms with E-state index in [2.05, 4.69) is 9.88 Å². The third-order valence-electron chi connectivity index (χ3n) is 3.14. The minimum absolute atomic E-state index is 0.127. The number of aromatic nitrogens is 1. The molecule has 0 bridgehead atoms. The number of benzene rings is 1. The van der Waals surface area contributed by atoms with E-state index in [-0.39, 0.29) is 5.69 Å². The van der Waals surface area contributed by atoms with E-state index in [4.69, 9.17) is 4.74 Å². The van der Waals surface area contributed by atoms with Gasteiger partial charge in [-0.05, 0) is 5.56 Å². The second-order valence-corrected chi connectivity index (χ2v) is 5.42. The summed E-state index contributed by atoms with van der Waals surface area (Å²) in [4.78, 5) is 18.5. The van der Waals surface area contributed by atoms with Crippen LogP contribution in [-0.4, -0.2) is 42.4 Å². The fourth-order valence-electron chi connectivity index (χ4n) is 2.13. The van der Waals surface area contributed by atoms with Gasteiger partial charge in [-0.1, -0.05) is 41.7 Å². The van der Waals surface area contributed by atoms with Crippen LogP contribution in [-0.2, 0) is 4.74 Å². The largest absolute Gasteiger partial charge is 0.476 e. The van der Waals surface area contributed by atoms with E-state index in [0.717, 1.165) is 23.8 Å². The number of morpholine rings is 1. The van der Waals surface area contributed by atoms with Crippen LogP contribution < -0.4 is 4.90 Å². The van der Waals surface area contributed by atoms with Crippen molar-refractivity contribution in [2.24, 2.45) is 0 Å². The molecule has 1 aromatic heterocycles. The maximum atomic E-state index is 11.4. The average Bonchev–Trinajstić information content (AvgIpc) is 2.94. The molecular formula is C14H14N2O3S. The van der Waals surface area contributed by atoms with Crippen LogP contribution in [0.5, 0.6) is 0 Å². The molecule has 0 saturated carbocycles. The Kier molecular flexibility index (Phi) is 3.66. The first-order valence-corrected chi connectivity index (χ1v) is 7.19. The van der Waals surface area contributed by atoms with E-state index in [9.17, 15) is 9.90 Å². The Morgan fingerprint density at radius 2 is 1.95 bits per heavy atom. The van der Waals surface area contributed by atoms with Gasteiger partial charge in [-0.25, -0.2) is 9.78 Å². The number of nitrogens with zero attached hydrogens (tertiary/aromatic N) is 2. The molecule has 3 rings (SSSR count). The summed E-state index contributed by atoms with van der Waals surface area (Å²) in [5, 5.41) is 10.1. The maximum Gasteiger partial charge on any atom is 0.356 e. The first-order chi connectivity index (χ1) is 9.75. The van der Waals surface area contributed by atoms with Gasteiger partial charge in [-0.3, -0.25) is 0 Å². The van der Waals surface area contributed by atoms with Crippen molar-refractivity contribution < 1.29 is 14.6 Å². The zero-order valence-corrected chi connectivity index (χ0v) is 11.6. The van der Waals surface area contributed by atoms with Crippen LogP contribution in [0.3, 0.4) is 0 Å². The molecule has 5 nitrogen and oxygen atoms in total. The minimum Gasteiger partial charge on any atom is -0.476 e. The lowest BCUT2D eigenvalue weighted by atomic mass is 10.1. The number of carboxylic acids is 1. The lowest BCUT2D eigenvalue weighted by molar-refractivity contribution is 0.0692. The molecule has 0 amide bonds. The van der Waals surface area contributed by atoms with Gasteiger partial charge in [-0.15, -0.1) is 0 Å². The highest BCUT2D eigenvalue weighted by molar-refractivity contribution is 7.19. The van der Waals surface area contributed by atoms with Crippen LogP contribution in [0.25, 0.3) is 10.4 Å². The number of carbonyl (C=O) groups is 1. The van der Waals surface area contributed by atoms with Gasteiger partial charge < -0.3 is 14.7 Å². The number of thiazole rings is 1. The van der Waals surface area contributed by atoms with Crippen LogP contribution >= 0.6 is 11.3 Å². The van der Waals surface area contributed by atoms with Gasteiger partial charge in [0.1, 0.15) is 0 Å². The first kappa shape index (κ1) is 13.1. The minimum atomic E-state index is -0.986. The number of anilines is 1. The zero-order chi connectivity index (χ0) is 13.9. The standard InChI is InChI=1S/C14H14N2O3S/c17-13(18)11-12(10-4-2-1-3-5-10)20-14(15-11)16-6-8-19-9-7-16/h1-5H,6-9H2,(H,17,18). The number of hydrogen-bond donors (Lipinski definition) is 1. The number of ether oxygens (including phenoxy) is 1. The van der Waals surface area contributed by atoms with Crippen molar-refractivity contribution in [1.82, 2.24) is 4.98 Å². The smallest absolute Gasteiger partial charge is 0.356 e. The Morgan fingerprint density at radius 3 is 2.60 bits per heavy atom. The van der Waals surface area contributed by atoms with Gasteiger partial charge in [0.15, 0.2) is 10.8 Å². The molecule has 0 atom stereocenters. The summed E-state index contributed by atoms with van der Waals surface area (Å²) >= 11 is 1.43. The van der Waals surface area contributed by atoms with Crippen molar-refractivity contribution in [2.75, 3.05) is 31.2 Å². The summed E-state index contributed by atoms with van der Waals surface area (Å²) in [7, 11) is 0. The van der Waals surface area contributed by atoms with E-state index in [1.165, 1.54) is 11.3 Å². The van der Waals surface area contributed by atoms with Crippen molar-refractivity contribution in [3.8, 4) is 10.4 Å². The molecule has 0 aliphatic carbocycles. The Bertz CT molecular complexity index is 606. The summed E-state index contributed by atoms with van der Waals surface area (Å²) < 4.78 is 5.31. The van der Waals surface area contributed by atoms with Crippen molar-refractivity contribution in [3.05, 3.63) is 36.0 Å². The van der Waals surface area contributed by atoms with Gasteiger partial charge in [0.25, 0.3) is 0 Å². The van der Waals surface area contributed by atoms with Crippen molar-refractivity contribution >= 4 is 22.4 Å². The van der Waals surface area contributed by atoms with E-state index in [1.807, 2.05) is 30.3 Å². The van der Waals surface area contributed by atoms with E-state index in [1.54, 1.807) is 0 Å². The molecule has 104 valence electrons. The van der Waals surface area contributed by atoms with Crippen LogP contribution in [0.1, 0.15) is 10.5 Å². The highest BCUT2D eigenvalue weighted by Crippen LogP contribution is 2.35. The predicted molar refractivity (Wildman–Crippen MR) is 77.5 cm³/mol. The van der Waals surface area contributed by atoms with Crippen molar-refractivity contribution in [1.29, 1.82) is 0 Å². The normalized spacial score (nSPS) is 15.3. The van der Waals surface area contributed by atoms with Crippen molar-refractivity contribution in [3.63, 3.8) is 0 Å². The maximum absolute atomic E-state index is 11.4. The highest BCUT2D eigenvalue weighted by Gasteiger charge is 2.22. The van der Waals surface area contributed by atoms with Gasteiger partial charge in [0.2, 0.25) is 0 Å². The van der Waals surface area contributed by atoms with Gasteiger partial charge >= 0.3 is 5.97 Å². The third kappa shape index (κ3) is 2.52. The second-order valence-electron chi connectivity index (χ2n) is 4.44. The molecular weight excluding hydrogens is 276 g/mol. The van der Waals surface area contributed by atoms with E-state index < -0.39 is 5.97 Å². The molecule has 2 heterocycles. The topological polar surface area (TPSA) is 62.7 Å². The SMILES string of the molecule is O=C(O)c1nc(N2CCOCC2)sc1-c1ccccc1. The molecule has 1 aliphatic heterocycles. The Labute approximate surface area is 120 Å². The van der Waals surface area contributed by atoms with Gasteiger partial charge in [-0.2, -0.15) is 0 Å². The van der Waals surface area contributed by atoms with Crippen molar-refractivity contribution in [2.45, 2.75) is 0 Å². The highest BCUT2D eigenvalue weighted by atomic mass is 32.1. The summed E-state index contributed by atoms with van der Waals surface area (Å²) in [5.41, 5.74) is 1.02. The summed E-state index contributed by atoms with van der Waals surface area (Å²) in [5.74, 6) is -0.986. The summed E-state index contributed by atoms with van der Waals surface area (Å²) in [6.07, 6.45) is 0. The zero-order valence-electron chi connectivity index (χ0n) is 10.8. The van der Waals surface area contributed by atoms with Crippen LogP contribution in [0.2, 0.25) is 0 Å². The molecule has 1 N–H and O–H groups in total. The lowest BCUT2D eigenvalue weighted by Gasteiger charge is -2.25. The number of aromatic carboxylic acids is 1. The Morgan fingerprint density at radius 1 is 1.25 bits per heavy atom. The molecule has 1 fully saturated rings. The third-order valence-corrected chi connectivity index (χ3v) is 4.30. The van der Waals surface area contributed by atoms with Crippen LogP contribution in [0.15, 0.2) is 30.3 Å². The van der Waals surface area contributed by atoms with Gasteiger partial charge in [0.05, 0.1) is 18.1 Å². The second kappa shape index (κ2) is 5.60.